The summed E-state index contributed by atoms with van der Waals surface area (Å²) < 4.78 is 20.9. The Morgan fingerprint density at radius 2 is 1.96 bits per heavy atom. The second-order valence-electron chi connectivity index (χ2n) is 6.24. The van der Waals surface area contributed by atoms with E-state index in [1.165, 1.54) is 51.6 Å². The smallest absolute Gasteiger partial charge is 0.333 e. The van der Waals surface area contributed by atoms with Crippen LogP contribution in [0.25, 0.3) is 5.69 Å². The second kappa shape index (κ2) is 8.05. The van der Waals surface area contributed by atoms with Gasteiger partial charge in [0.05, 0.1) is 17.2 Å². The number of hydrogen-bond donors (Lipinski definition) is 1. The Balaban J connectivity index is 1.74. The Labute approximate surface area is 159 Å². The number of aromatic nitrogens is 2. The molecule has 1 atom stereocenters. The number of aryl methyl sites for hydroxylation is 1. The van der Waals surface area contributed by atoms with E-state index in [1.54, 1.807) is 19.2 Å². The summed E-state index contributed by atoms with van der Waals surface area (Å²) in [5.41, 5.74) is 0.382. The van der Waals surface area contributed by atoms with Crippen molar-refractivity contribution in [1.29, 1.82) is 0 Å². The fourth-order valence-corrected chi connectivity index (χ4v) is 2.81. The van der Waals surface area contributed by atoms with Gasteiger partial charge < -0.3 is 9.84 Å². The molecule has 0 unspecified atom stereocenters. The van der Waals surface area contributed by atoms with E-state index in [4.69, 9.17) is 4.74 Å². The van der Waals surface area contributed by atoms with Gasteiger partial charge in [-0.15, -0.1) is 0 Å². The molecule has 0 amide bonds. The van der Waals surface area contributed by atoms with Crippen molar-refractivity contribution in [3.8, 4) is 11.4 Å². The molecule has 0 saturated carbocycles. The predicted molar refractivity (Wildman–Crippen MR) is 99.3 cm³/mol. The third-order valence-electron chi connectivity index (χ3n) is 4.09. The van der Waals surface area contributed by atoms with E-state index < -0.39 is 22.5 Å². The lowest BCUT2D eigenvalue weighted by atomic mass is 10.3. The van der Waals surface area contributed by atoms with E-state index in [9.17, 15) is 24.4 Å². The molecule has 146 valence electrons. The molecule has 1 N–H and O–H groups in total. The first kappa shape index (κ1) is 19.3. The number of nitrogens with zero attached hydrogens (tertiary/aromatic N) is 3. The van der Waals surface area contributed by atoms with Crippen molar-refractivity contribution in [2.24, 2.45) is 0 Å². The molecule has 0 fully saturated rings. The number of non-ortho nitro benzene ring substituents is 1. The number of imidazole rings is 1. The van der Waals surface area contributed by atoms with Crippen molar-refractivity contribution in [1.82, 2.24) is 9.13 Å². The molecular weight excluding hydrogens is 369 g/mol. The first-order valence-corrected chi connectivity index (χ1v) is 8.45. The number of halogens is 1. The molecule has 0 saturated heterocycles. The van der Waals surface area contributed by atoms with Crippen molar-refractivity contribution < 1.29 is 19.2 Å². The summed E-state index contributed by atoms with van der Waals surface area (Å²) >= 11 is 0. The van der Waals surface area contributed by atoms with E-state index in [1.807, 2.05) is 0 Å². The average molecular weight is 387 g/mol. The van der Waals surface area contributed by atoms with Gasteiger partial charge in [-0.05, 0) is 37.3 Å². The summed E-state index contributed by atoms with van der Waals surface area (Å²) in [6, 6.07) is 11.1. The zero-order valence-corrected chi connectivity index (χ0v) is 15.0. The summed E-state index contributed by atoms with van der Waals surface area (Å²) in [6.07, 6.45) is 0.575. The normalized spacial score (nSPS) is 12.0. The maximum absolute atomic E-state index is 12.9. The Hall–Kier alpha value is -3.46. The topological polar surface area (TPSA) is 99.5 Å². The highest BCUT2D eigenvalue weighted by molar-refractivity contribution is 5.44. The van der Waals surface area contributed by atoms with Gasteiger partial charge in [-0.3, -0.25) is 19.2 Å². The van der Waals surface area contributed by atoms with Crippen LogP contribution < -0.4 is 10.4 Å². The van der Waals surface area contributed by atoms with Crippen LogP contribution in [0.5, 0.6) is 5.75 Å². The van der Waals surface area contributed by atoms with E-state index in [2.05, 4.69) is 0 Å². The summed E-state index contributed by atoms with van der Waals surface area (Å²) in [5.74, 6) is 0.00978. The second-order valence-corrected chi connectivity index (χ2v) is 6.24. The standard InChI is InChI=1S/C19H18FN3O5/c1-13-10-21(11-17(24)12-28-18-7-5-14(20)6-8-18)19(25)22(13)15-3-2-4-16(9-15)23(26)27/h2-10,17,24H,11-12H2,1H3/t17-/m0/s1. The number of hydrogen-bond acceptors (Lipinski definition) is 5. The quantitative estimate of drug-likeness (QED) is 0.496. The number of benzene rings is 2. The van der Waals surface area contributed by atoms with Crippen LogP contribution in [0.15, 0.2) is 59.5 Å². The van der Waals surface area contributed by atoms with Gasteiger partial charge in [0, 0.05) is 24.0 Å². The van der Waals surface area contributed by atoms with Crippen LogP contribution in [0.4, 0.5) is 10.1 Å². The van der Waals surface area contributed by atoms with Crippen molar-refractivity contribution in [2.75, 3.05) is 6.61 Å². The van der Waals surface area contributed by atoms with Crippen LogP contribution in [0.1, 0.15) is 5.69 Å². The monoisotopic (exact) mass is 387 g/mol. The molecule has 28 heavy (non-hydrogen) atoms. The summed E-state index contributed by atoms with van der Waals surface area (Å²) in [4.78, 5) is 23.1. The Morgan fingerprint density at radius 1 is 1.25 bits per heavy atom. The van der Waals surface area contributed by atoms with Crippen LogP contribution >= 0.6 is 0 Å². The van der Waals surface area contributed by atoms with Crippen molar-refractivity contribution in [3.63, 3.8) is 0 Å². The molecule has 2 aromatic carbocycles. The number of ether oxygens (including phenoxy) is 1. The molecule has 1 aromatic heterocycles. The van der Waals surface area contributed by atoms with Gasteiger partial charge in [0.25, 0.3) is 5.69 Å². The lowest BCUT2D eigenvalue weighted by Gasteiger charge is -2.12. The minimum absolute atomic E-state index is 0.0250. The van der Waals surface area contributed by atoms with Gasteiger partial charge in [-0.2, -0.15) is 0 Å². The average Bonchev–Trinajstić information content (AvgIpc) is 2.94. The van der Waals surface area contributed by atoms with E-state index in [-0.39, 0.29) is 18.8 Å². The van der Waals surface area contributed by atoms with E-state index >= 15 is 0 Å². The lowest BCUT2D eigenvalue weighted by molar-refractivity contribution is -0.384. The van der Waals surface area contributed by atoms with Crippen molar-refractivity contribution in [2.45, 2.75) is 19.6 Å². The molecule has 0 aliphatic rings. The molecular formula is C19H18FN3O5. The first-order chi connectivity index (χ1) is 13.3. The van der Waals surface area contributed by atoms with E-state index in [0.29, 0.717) is 17.1 Å². The SMILES string of the molecule is Cc1cn(C[C@H](O)COc2ccc(F)cc2)c(=O)n1-c1cccc([N+](=O)[O-])c1. The Morgan fingerprint density at radius 3 is 2.64 bits per heavy atom. The molecule has 0 spiro atoms. The van der Waals surface area contributed by atoms with E-state index in [0.717, 1.165) is 0 Å². The van der Waals surface area contributed by atoms with Crippen molar-refractivity contribution >= 4 is 5.69 Å². The van der Waals surface area contributed by atoms with Crippen LogP contribution in [0.3, 0.4) is 0 Å². The molecule has 8 nitrogen and oxygen atoms in total. The fourth-order valence-electron chi connectivity index (χ4n) is 2.81. The van der Waals surface area contributed by atoms with Crippen molar-refractivity contribution in [3.05, 3.63) is 86.8 Å². The van der Waals surface area contributed by atoms with Gasteiger partial charge in [-0.1, -0.05) is 6.07 Å². The van der Waals surface area contributed by atoms with Gasteiger partial charge >= 0.3 is 5.69 Å². The van der Waals surface area contributed by atoms with Crippen LogP contribution in [0.2, 0.25) is 0 Å². The number of aliphatic hydroxyl groups is 1. The molecule has 3 rings (SSSR count). The highest BCUT2D eigenvalue weighted by Crippen LogP contribution is 2.17. The Bertz CT molecular complexity index is 1040. The molecule has 0 radical (unpaired) electrons. The Kier molecular flexibility index (Phi) is 5.55. The third kappa shape index (κ3) is 4.26. The largest absolute Gasteiger partial charge is 0.491 e. The lowest BCUT2D eigenvalue weighted by Crippen LogP contribution is -2.31. The highest BCUT2D eigenvalue weighted by atomic mass is 19.1. The number of nitro benzene ring substituents is 1. The molecule has 1 heterocycles. The molecule has 3 aromatic rings. The number of nitro groups is 1. The summed E-state index contributed by atoms with van der Waals surface area (Å²) in [6.45, 7) is 1.58. The highest BCUT2D eigenvalue weighted by Gasteiger charge is 2.16. The van der Waals surface area contributed by atoms with Crippen LogP contribution in [0, 0.1) is 22.9 Å². The maximum atomic E-state index is 12.9. The first-order valence-electron chi connectivity index (χ1n) is 8.45. The van der Waals surface area contributed by atoms with Crippen LogP contribution in [-0.4, -0.2) is 31.9 Å². The molecule has 0 bridgehead atoms. The zero-order chi connectivity index (χ0) is 20.3. The fraction of sp³-hybridized carbons (Fsp3) is 0.211. The maximum Gasteiger partial charge on any atom is 0.333 e. The summed E-state index contributed by atoms with van der Waals surface area (Å²) in [7, 11) is 0. The van der Waals surface area contributed by atoms with Crippen LogP contribution in [-0.2, 0) is 6.54 Å². The van der Waals surface area contributed by atoms with Gasteiger partial charge in [0.15, 0.2) is 0 Å². The molecule has 0 aliphatic carbocycles. The minimum Gasteiger partial charge on any atom is -0.491 e. The summed E-state index contributed by atoms with van der Waals surface area (Å²) in [5, 5.41) is 21.1. The molecule has 0 aliphatic heterocycles. The van der Waals surface area contributed by atoms with Gasteiger partial charge in [-0.25, -0.2) is 9.18 Å². The number of rotatable bonds is 7. The van der Waals surface area contributed by atoms with Gasteiger partial charge in [0.2, 0.25) is 0 Å². The predicted octanol–water partition coefficient (Wildman–Crippen LogP) is 2.43. The molecule has 9 heteroatoms. The number of aliphatic hydroxyl groups excluding tert-OH is 1. The van der Waals surface area contributed by atoms with Gasteiger partial charge in [0.1, 0.15) is 24.3 Å². The third-order valence-corrected chi connectivity index (χ3v) is 4.09. The minimum atomic E-state index is -0.983. The zero-order valence-electron chi connectivity index (χ0n) is 15.0.